The number of ether oxygens (including phenoxy) is 2. The van der Waals surface area contributed by atoms with Crippen molar-refractivity contribution in [3.05, 3.63) is 131 Å². The lowest BCUT2D eigenvalue weighted by molar-refractivity contribution is 0.0509. The van der Waals surface area contributed by atoms with E-state index in [0.717, 1.165) is 17.7 Å². The van der Waals surface area contributed by atoms with Gasteiger partial charge in [0, 0.05) is 53.3 Å². The minimum Gasteiger partial charge on any atom is -0.444 e. The fraction of sp³-hybridized carbons (Fsp3) is 0.490. The lowest BCUT2D eigenvalue weighted by Crippen LogP contribution is -2.38. The van der Waals surface area contributed by atoms with E-state index in [9.17, 15) is 49.1 Å². The van der Waals surface area contributed by atoms with Gasteiger partial charge in [-0.15, -0.1) is 0 Å². The number of rotatable bonds is 15. The maximum absolute atomic E-state index is 13.9. The molecule has 2 saturated carbocycles. The zero-order valence-electron chi connectivity index (χ0n) is 42.0. The molecule has 0 aliphatic heterocycles. The number of hydrogen-bond acceptors (Lipinski definition) is 11. The smallest absolute Gasteiger partial charge is 0.407 e. The molecule has 2 amide bonds. The summed E-state index contributed by atoms with van der Waals surface area (Å²) < 4.78 is 116. The highest BCUT2D eigenvalue weighted by atomic mass is 35.7. The third-order valence-electron chi connectivity index (χ3n) is 11.6. The van der Waals surface area contributed by atoms with Crippen molar-refractivity contribution in [3.8, 4) is 0 Å². The molecule has 6 rings (SSSR count). The molecular formula is C51H68ClF4N3O10S2. The van der Waals surface area contributed by atoms with E-state index in [1.54, 1.807) is 71.9 Å². The predicted octanol–water partition coefficient (Wildman–Crippen LogP) is 10.2. The van der Waals surface area contributed by atoms with Crippen LogP contribution in [0.2, 0.25) is 0 Å². The number of amides is 2. The molecule has 4 aromatic rings. The number of nitrogens with zero attached hydrogens (tertiary/aromatic N) is 1. The van der Waals surface area contributed by atoms with E-state index in [1.165, 1.54) is 68.2 Å². The number of carbonyl (C=O) groups is 2. The van der Waals surface area contributed by atoms with Crippen LogP contribution in [0.5, 0.6) is 0 Å². The number of nitrogens with one attached hydrogen (secondary N) is 2. The van der Waals surface area contributed by atoms with Gasteiger partial charge in [-0.1, -0.05) is 56.7 Å². The maximum Gasteiger partial charge on any atom is 0.407 e. The minimum absolute atomic E-state index is 0.0173. The van der Waals surface area contributed by atoms with E-state index in [0.29, 0.717) is 24.0 Å². The predicted molar refractivity (Wildman–Crippen MR) is 265 cm³/mol. The fourth-order valence-electron chi connectivity index (χ4n) is 7.53. The summed E-state index contributed by atoms with van der Waals surface area (Å²) in [5, 5.41) is 14.6. The molecule has 71 heavy (non-hydrogen) atoms. The molecule has 4 atom stereocenters. The molecular weight excluding hydrogens is 990 g/mol. The van der Waals surface area contributed by atoms with E-state index in [2.05, 4.69) is 36.3 Å². The highest BCUT2D eigenvalue weighted by Gasteiger charge is 2.57. The van der Waals surface area contributed by atoms with Gasteiger partial charge in [-0.3, -0.25) is 4.18 Å². The second-order valence-electron chi connectivity index (χ2n) is 19.2. The molecule has 4 aromatic carbocycles. The molecule has 3 N–H and O–H groups in total. The maximum atomic E-state index is 13.9. The third kappa shape index (κ3) is 19.6. The third-order valence-corrected chi connectivity index (χ3v) is 14.2. The Kier molecular flexibility index (Phi) is 21.9. The minimum atomic E-state index is -4.00. The van der Waals surface area contributed by atoms with Crippen LogP contribution in [0, 0.1) is 42.0 Å². The van der Waals surface area contributed by atoms with Crippen LogP contribution in [-0.4, -0.2) is 96.2 Å². The summed E-state index contributed by atoms with van der Waals surface area (Å²) in [5.41, 5.74) is -1.17. The van der Waals surface area contributed by atoms with Gasteiger partial charge in [0.2, 0.25) is 0 Å². The lowest BCUT2D eigenvalue weighted by Gasteiger charge is -2.23. The number of aryl methyl sites for hydroxylation is 1. The van der Waals surface area contributed by atoms with Crippen molar-refractivity contribution in [1.82, 2.24) is 15.5 Å². The first-order valence-electron chi connectivity index (χ1n) is 23.1. The van der Waals surface area contributed by atoms with Crippen molar-refractivity contribution < 1.29 is 62.7 Å². The average Bonchev–Trinajstić information content (AvgIpc) is 4.18. The normalized spacial score (nSPS) is 19.3. The molecule has 2 aliphatic carbocycles. The van der Waals surface area contributed by atoms with Crippen molar-refractivity contribution >= 4 is 42.0 Å². The number of aliphatic hydroxyl groups excluding tert-OH is 1. The van der Waals surface area contributed by atoms with Gasteiger partial charge in [0.1, 0.15) is 34.5 Å². The van der Waals surface area contributed by atoms with Crippen molar-refractivity contribution in [1.29, 1.82) is 0 Å². The summed E-state index contributed by atoms with van der Waals surface area (Å²) >= 11 is 0. The molecule has 0 unspecified atom stereocenters. The van der Waals surface area contributed by atoms with Crippen LogP contribution in [0.15, 0.2) is 101 Å². The van der Waals surface area contributed by atoms with Gasteiger partial charge in [0.25, 0.3) is 19.2 Å². The quantitative estimate of drug-likeness (QED) is 0.0587. The Morgan fingerprint density at radius 1 is 0.662 bits per heavy atom. The highest BCUT2D eigenvalue weighted by molar-refractivity contribution is 8.13. The number of benzene rings is 4. The van der Waals surface area contributed by atoms with Crippen molar-refractivity contribution in [2.24, 2.45) is 11.8 Å². The number of alkyl carbamates (subject to hydrolysis) is 2. The molecule has 13 nitrogen and oxygen atoms in total. The summed E-state index contributed by atoms with van der Waals surface area (Å²) in [4.78, 5) is 26.4. The number of hydrogen-bond donors (Lipinski definition) is 3. The molecule has 0 bridgehead atoms. The average molecular weight is 1060 g/mol. The van der Waals surface area contributed by atoms with Gasteiger partial charge < -0.3 is 30.1 Å². The van der Waals surface area contributed by atoms with E-state index < -0.39 is 76.7 Å². The first-order valence-corrected chi connectivity index (χ1v) is 26.8. The standard InChI is InChI=1S/C23H27F2NO5S.C16H21F2NO3.C6H5ClO2S.C6H15N/c1-15-5-7-20(8-6-15)32(28,29)30-13-17-12-23(17,14-26-21(27)31-22(2,3)4)16-9-18(24)11-19(25)10-16;1-15(2,3)22-14(21)19-9-16(7-11(16)8-20)10-4-12(17)6-13(18)5-10;7-10(8,9)6-4-2-1-3-5-6;1-4-7(5-2)6-3/h5-11,17H,12-14H2,1-4H3,(H,26,27);4-6,11,20H,7-9H2,1-3H3,(H,19,21);1-5H;4-6H2,1-3H3/t17-,23+;11-,16+;;/m00../s1. The lowest BCUT2D eigenvalue weighted by atomic mass is 9.93. The Labute approximate surface area is 421 Å². The second-order valence-corrected chi connectivity index (χ2v) is 23.4. The SMILES string of the molecule is CC(C)(C)OC(=O)NC[C@@]1(c2cc(F)cc(F)c2)C[C@H]1CO.CCN(CC)CC.Cc1ccc(S(=O)(=O)OC[C@@H]2C[C@@]2(CNC(=O)OC(C)(C)C)c2cc(F)cc(F)c2)cc1.O=S(=O)(Cl)c1ccccc1. The Morgan fingerprint density at radius 2 is 1.06 bits per heavy atom. The van der Waals surface area contributed by atoms with Gasteiger partial charge in [-0.25, -0.2) is 35.6 Å². The first-order chi connectivity index (χ1) is 32.9. The van der Waals surface area contributed by atoms with Crippen molar-refractivity contribution in [3.63, 3.8) is 0 Å². The summed E-state index contributed by atoms with van der Waals surface area (Å²) in [7, 11) is -2.50. The van der Waals surface area contributed by atoms with Gasteiger partial charge in [0.15, 0.2) is 0 Å². The van der Waals surface area contributed by atoms with Gasteiger partial charge >= 0.3 is 12.2 Å². The van der Waals surface area contributed by atoms with Crippen LogP contribution in [0.1, 0.15) is 91.8 Å². The van der Waals surface area contributed by atoms with Crippen LogP contribution < -0.4 is 10.6 Å². The van der Waals surface area contributed by atoms with Crippen LogP contribution in [0.3, 0.4) is 0 Å². The summed E-state index contributed by atoms with van der Waals surface area (Å²) in [6, 6.07) is 20.5. The molecule has 20 heteroatoms. The van der Waals surface area contributed by atoms with Gasteiger partial charge in [-0.05, 0) is 152 Å². The highest BCUT2D eigenvalue weighted by Crippen LogP contribution is 2.55. The Balaban J connectivity index is 0.000000292. The molecule has 0 heterocycles. The molecule has 0 radical (unpaired) electrons. The molecule has 2 aliphatic rings. The van der Waals surface area contributed by atoms with Crippen LogP contribution in [0.4, 0.5) is 27.2 Å². The summed E-state index contributed by atoms with van der Waals surface area (Å²) in [5.74, 6) is -3.36. The fourth-order valence-corrected chi connectivity index (χ4v) is 9.27. The van der Waals surface area contributed by atoms with E-state index in [-0.39, 0.29) is 47.9 Å². The van der Waals surface area contributed by atoms with E-state index in [1.807, 2.05) is 6.92 Å². The van der Waals surface area contributed by atoms with Crippen LogP contribution in [-0.2, 0) is 43.7 Å². The molecule has 0 aromatic heterocycles. The number of aliphatic hydroxyl groups is 1. The first kappa shape index (κ1) is 60.5. The molecule has 394 valence electrons. The second kappa shape index (κ2) is 25.7. The number of halogens is 5. The number of carbonyl (C=O) groups excluding carboxylic acids is 2. The molecule has 2 fully saturated rings. The topological polar surface area (TPSA) is 178 Å². The van der Waals surface area contributed by atoms with E-state index in [4.69, 9.17) is 24.3 Å². The molecule has 0 spiro atoms. The van der Waals surface area contributed by atoms with Crippen molar-refractivity contribution in [2.45, 2.75) is 114 Å². The van der Waals surface area contributed by atoms with Crippen LogP contribution in [0.25, 0.3) is 0 Å². The summed E-state index contributed by atoms with van der Waals surface area (Å²) in [6.45, 7) is 22.2. The zero-order valence-corrected chi connectivity index (χ0v) is 44.3. The largest absolute Gasteiger partial charge is 0.444 e. The Hall–Kier alpha value is -4.79. The summed E-state index contributed by atoms with van der Waals surface area (Å²) in [6.07, 6.45) is -0.322. The van der Waals surface area contributed by atoms with E-state index >= 15 is 0 Å². The monoisotopic (exact) mass is 1060 g/mol. The van der Waals surface area contributed by atoms with Crippen LogP contribution >= 0.6 is 10.7 Å². The zero-order chi connectivity index (χ0) is 53.6. The van der Waals surface area contributed by atoms with Gasteiger partial charge in [0.05, 0.1) is 16.4 Å². The molecule has 0 saturated heterocycles. The van der Waals surface area contributed by atoms with Gasteiger partial charge in [-0.2, -0.15) is 8.42 Å². The van der Waals surface area contributed by atoms with Crippen molar-refractivity contribution in [2.75, 3.05) is 45.9 Å². The Morgan fingerprint density at radius 3 is 1.38 bits per heavy atom. The Bertz CT molecular complexity index is 2550.